The molecule has 0 unspecified atom stereocenters. The van der Waals surface area contributed by atoms with E-state index >= 15 is 0 Å². The predicted octanol–water partition coefficient (Wildman–Crippen LogP) is 1.90. The van der Waals surface area contributed by atoms with Crippen LogP contribution in [0, 0.1) is 0 Å². The lowest BCUT2D eigenvalue weighted by molar-refractivity contribution is 0.543. The fraction of sp³-hybridized carbons (Fsp3) is 0.556. The third-order valence-corrected chi connectivity index (χ3v) is 1.79. The SMILES string of the molecule is Cn1cc(N)cc1C(C)(C)C. The van der Waals surface area contributed by atoms with Gasteiger partial charge >= 0.3 is 0 Å². The highest BCUT2D eigenvalue weighted by atomic mass is 15.0. The maximum absolute atomic E-state index is 5.66. The first-order valence-corrected chi connectivity index (χ1v) is 3.83. The van der Waals surface area contributed by atoms with Crippen LogP contribution in [-0.2, 0) is 12.5 Å². The lowest BCUT2D eigenvalue weighted by Gasteiger charge is -2.19. The third-order valence-electron chi connectivity index (χ3n) is 1.79. The van der Waals surface area contributed by atoms with Crippen molar-refractivity contribution in [2.45, 2.75) is 26.2 Å². The van der Waals surface area contributed by atoms with Gasteiger partial charge in [-0.2, -0.15) is 0 Å². The van der Waals surface area contributed by atoms with Crippen LogP contribution in [0.15, 0.2) is 12.3 Å². The lowest BCUT2D eigenvalue weighted by Crippen LogP contribution is -2.15. The van der Waals surface area contributed by atoms with Crippen molar-refractivity contribution in [1.29, 1.82) is 0 Å². The van der Waals surface area contributed by atoms with Crippen molar-refractivity contribution in [2.24, 2.45) is 7.05 Å². The van der Waals surface area contributed by atoms with Crippen molar-refractivity contribution in [3.05, 3.63) is 18.0 Å². The molecule has 0 radical (unpaired) electrons. The number of aromatic nitrogens is 1. The molecule has 2 nitrogen and oxygen atoms in total. The molecule has 0 bridgehead atoms. The summed E-state index contributed by atoms with van der Waals surface area (Å²) in [5, 5.41) is 0. The highest BCUT2D eigenvalue weighted by Crippen LogP contribution is 2.24. The van der Waals surface area contributed by atoms with Gasteiger partial charge in [0, 0.05) is 30.0 Å². The molecule has 0 saturated carbocycles. The Bertz CT molecular complexity index is 253. The molecule has 2 N–H and O–H groups in total. The summed E-state index contributed by atoms with van der Waals surface area (Å²) in [7, 11) is 2.02. The Kier molecular flexibility index (Phi) is 1.70. The zero-order valence-electron chi connectivity index (χ0n) is 7.68. The summed E-state index contributed by atoms with van der Waals surface area (Å²) in [5.41, 5.74) is 7.96. The van der Waals surface area contributed by atoms with E-state index < -0.39 is 0 Å². The molecular formula is C9H16N2. The quantitative estimate of drug-likeness (QED) is 0.605. The van der Waals surface area contributed by atoms with Crippen LogP contribution in [0.3, 0.4) is 0 Å². The van der Waals surface area contributed by atoms with Crippen LogP contribution in [0.4, 0.5) is 5.69 Å². The molecule has 0 aliphatic carbocycles. The molecule has 0 spiro atoms. The average molecular weight is 152 g/mol. The monoisotopic (exact) mass is 152 g/mol. The van der Waals surface area contributed by atoms with Gasteiger partial charge in [0.15, 0.2) is 0 Å². The van der Waals surface area contributed by atoms with Crippen LogP contribution in [0.1, 0.15) is 26.5 Å². The zero-order chi connectivity index (χ0) is 8.65. The zero-order valence-corrected chi connectivity index (χ0v) is 7.68. The summed E-state index contributed by atoms with van der Waals surface area (Å²) in [6, 6.07) is 2.03. The molecule has 0 aromatic carbocycles. The predicted molar refractivity (Wildman–Crippen MR) is 48.5 cm³/mol. The molecule has 0 fully saturated rings. The number of hydrogen-bond acceptors (Lipinski definition) is 1. The van der Waals surface area contributed by atoms with Gasteiger partial charge in [-0.1, -0.05) is 20.8 Å². The molecule has 0 aliphatic heterocycles. The minimum absolute atomic E-state index is 0.187. The normalized spacial score (nSPS) is 12.0. The van der Waals surface area contributed by atoms with Gasteiger partial charge in [-0.25, -0.2) is 0 Å². The molecule has 2 heteroatoms. The van der Waals surface area contributed by atoms with E-state index in [1.807, 2.05) is 19.3 Å². The second-order valence-corrected chi connectivity index (χ2v) is 4.02. The van der Waals surface area contributed by atoms with Crippen LogP contribution in [0.25, 0.3) is 0 Å². The van der Waals surface area contributed by atoms with Crippen molar-refractivity contribution in [1.82, 2.24) is 4.57 Å². The van der Waals surface area contributed by atoms with Crippen molar-refractivity contribution in [2.75, 3.05) is 5.73 Å². The van der Waals surface area contributed by atoms with Gasteiger partial charge in [-0.3, -0.25) is 0 Å². The fourth-order valence-corrected chi connectivity index (χ4v) is 1.34. The van der Waals surface area contributed by atoms with Gasteiger partial charge in [0.25, 0.3) is 0 Å². The lowest BCUT2D eigenvalue weighted by atomic mass is 9.92. The Morgan fingerprint density at radius 2 is 1.91 bits per heavy atom. The smallest absolute Gasteiger partial charge is 0.0496 e. The maximum atomic E-state index is 5.66. The van der Waals surface area contributed by atoms with Gasteiger partial charge in [-0.15, -0.1) is 0 Å². The second kappa shape index (κ2) is 2.29. The number of hydrogen-bond donors (Lipinski definition) is 1. The summed E-state index contributed by atoms with van der Waals surface area (Å²) >= 11 is 0. The number of nitrogens with two attached hydrogens (primary N) is 1. The minimum Gasteiger partial charge on any atom is -0.397 e. The summed E-state index contributed by atoms with van der Waals surface area (Å²) in [4.78, 5) is 0. The first-order chi connectivity index (χ1) is 4.91. The van der Waals surface area contributed by atoms with E-state index in [-0.39, 0.29) is 5.41 Å². The molecule has 0 amide bonds. The second-order valence-electron chi connectivity index (χ2n) is 4.02. The number of anilines is 1. The van der Waals surface area contributed by atoms with E-state index in [0.717, 1.165) is 5.69 Å². The van der Waals surface area contributed by atoms with E-state index in [2.05, 4.69) is 25.3 Å². The summed E-state index contributed by atoms with van der Waals surface area (Å²) in [6.07, 6.45) is 1.95. The van der Waals surface area contributed by atoms with Gasteiger partial charge in [0.2, 0.25) is 0 Å². The molecule has 11 heavy (non-hydrogen) atoms. The minimum atomic E-state index is 0.187. The van der Waals surface area contributed by atoms with Crippen molar-refractivity contribution in [3.63, 3.8) is 0 Å². The van der Waals surface area contributed by atoms with Crippen LogP contribution in [-0.4, -0.2) is 4.57 Å². The van der Waals surface area contributed by atoms with E-state index in [1.54, 1.807) is 0 Å². The summed E-state index contributed by atoms with van der Waals surface area (Å²) < 4.78 is 2.08. The third kappa shape index (κ3) is 1.56. The van der Waals surface area contributed by atoms with Crippen LogP contribution >= 0.6 is 0 Å². The summed E-state index contributed by atoms with van der Waals surface area (Å²) in [5.74, 6) is 0. The van der Waals surface area contributed by atoms with E-state index in [0.29, 0.717) is 0 Å². The molecular weight excluding hydrogens is 136 g/mol. The van der Waals surface area contributed by atoms with E-state index in [1.165, 1.54) is 5.69 Å². The van der Waals surface area contributed by atoms with Crippen LogP contribution in [0.5, 0.6) is 0 Å². The van der Waals surface area contributed by atoms with Crippen molar-refractivity contribution < 1.29 is 0 Å². The number of nitrogen functional groups attached to an aromatic ring is 1. The Morgan fingerprint density at radius 1 is 1.36 bits per heavy atom. The molecule has 1 aromatic rings. The maximum Gasteiger partial charge on any atom is 0.0496 e. The van der Waals surface area contributed by atoms with Gasteiger partial charge in [0.05, 0.1) is 0 Å². The number of rotatable bonds is 0. The largest absolute Gasteiger partial charge is 0.397 e. The van der Waals surface area contributed by atoms with Crippen LogP contribution in [0.2, 0.25) is 0 Å². The van der Waals surface area contributed by atoms with Crippen LogP contribution < -0.4 is 5.73 Å². The van der Waals surface area contributed by atoms with Gasteiger partial charge in [0.1, 0.15) is 0 Å². The molecule has 1 aromatic heterocycles. The first kappa shape index (κ1) is 8.18. The Hall–Kier alpha value is -0.920. The Morgan fingerprint density at radius 3 is 2.09 bits per heavy atom. The molecule has 1 rings (SSSR count). The molecule has 62 valence electrons. The van der Waals surface area contributed by atoms with Gasteiger partial charge < -0.3 is 10.3 Å². The highest BCUT2D eigenvalue weighted by molar-refractivity contribution is 5.40. The Balaban J connectivity index is 3.13. The average Bonchev–Trinajstić information content (AvgIpc) is 2.08. The van der Waals surface area contributed by atoms with E-state index in [9.17, 15) is 0 Å². The summed E-state index contributed by atoms with van der Waals surface area (Å²) in [6.45, 7) is 6.55. The highest BCUT2D eigenvalue weighted by Gasteiger charge is 2.16. The topological polar surface area (TPSA) is 30.9 Å². The van der Waals surface area contributed by atoms with Gasteiger partial charge in [-0.05, 0) is 6.07 Å². The molecule has 0 atom stereocenters. The fourth-order valence-electron chi connectivity index (χ4n) is 1.34. The Labute approximate surface area is 68.0 Å². The van der Waals surface area contributed by atoms with Crippen molar-refractivity contribution in [3.8, 4) is 0 Å². The molecule has 1 heterocycles. The van der Waals surface area contributed by atoms with Crippen molar-refractivity contribution >= 4 is 5.69 Å². The standard InChI is InChI=1S/C9H16N2/c1-9(2,3)8-5-7(10)6-11(8)4/h5-6H,10H2,1-4H3. The number of aryl methyl sites for hydroxylation is 1. The number of nitrogens with zero attached hydrogens (tertiary/aromatic N) is 1. The molecule has 0 saturated heterocycles. The first-order valence-electron chi connectivity index (χ1n) is 3.83. The van der Waals surface area contributed by atoms with E-state index in [4.69, 9.17) is 5.73 Å². The molecule has 0 aliphatic rings.